The van der Waals surface area contributed by atoms with Crippen LogP contribution in [0.25, 0.3) is 11.0 Å². The summed E-state index contributed by atoms with van der Waals surface area (Å²) in [7, 11) is 0. The summed E-state index contributed by atoms with van der Waals surface area (Å²) < 4.78 is 20.3. The Kier molecular flexibility index (Phi) is 5.23. The molecule has 2 heterocycles. The van der Waals surface area contributed by atoms with Crippen molar-refractivity contribution in [3.8, 4) is 0 Å². The van der Waals surface area contributed by atoms with Crippen LogP contribution in [0.1, 0.15) is 40.2 Å². The fourth-order valence-electron chi connectivity index (χ4n) is 3.54. The molecule has 152 valence electrons. The minimum atomic E-state index is -0.362. The van der Waals surface area contributed by atoms with Gasteiger partial charge in [-0.2, -0.15) is 0 Å². The van der Waals surface area contributed by atoms with Gasteiger partial charge in [-0.15, -0.1) is 0 Å². The van der Waals surface area contributed by atoms with Gasteiger partial charge in [-0.1, -0.05) is 42.5 Å². The van der Waals surface area contributed by atoms with Gasteiger partial charge in [0.05, 0.1) is 23.5 Å². The number of hydrogen-bond donors (Lipinski definition) is 1. The number of aromatic nitrogens is 1. The number of aryl methyl sites for hydroxylation is 1. The molecule has 30 heavy (non-hydrogen) atoms. The second kappa shape index (κ2) is 7.99. The van der Waals surface area contributed by atoms with Crippen molar-refractivity contribution in [3.63, 3.8) is 0 Å². The third-order valence-electron chi connectivity index (χ3n) is 5.13. The Hall–Kier alpha value is -3.67. The monoisotopic (exact) mass is 404 g/mol. The summed E-state index contributed by atoms with van der Waals surface area (Å²) in [6, 6.07) is 17.0. The summed E-state index contributed by atoms with van der Waals surface area (Å²) in [5.74, 6) is -0.308. The van der Waals surface area contributed by atoms with Crippen LogP contribution in [0.15, 0.2) is 76.1 Å². The summed E-state index contributed by atoms with van der Waals surface area (Å²) in [6.45, 7) is 3.82. The van der Waals surface area contributed by atoms with Crippen LogP contribution in [0.2, 0.25) is 0 Å². The lowest BCUT2D eigenvalue weighted by Gasteiger charge is -2.14. The predicted octanol–water partition coefficient (Wildman–Crippen LogP) is 4.58. The molecule has 0 bridgehead atoms. The van der Waals surface area contributed by atoms with E-state index in [1.54, 1.807) is 31.3 Å². The Morgan fingerprint density at radius 3 is 2.50 bits per heavy atom. The number of carbonyl (C=O) groups is 1. The Morgan fingerprint density at radius 2 is 1.80 bits per heavy atom. The number of hydrogen-bond acceptors (Lipinski definition) is 3. The van der Waals surface area contributed by atoms with E-state index < -0.39 is 0 Å². The largest absolute Gasteiger partial charge is 0.460 e. The highest BCUT2D eigenvalue weighted by atomic mass is 19.1. The lowest BCUT2D eigenvalue weighted by Crippen LogP contribution is -2.29. The van der Waals surface area contributed by atoms with E-state index in [1.807, 2.05) is 37.3 Å². The first-order valence-electron chi connectivity index (χ1n) is 9.67. The molecule has 0 saturated heterocycles. The lowest BCUT2D eigenvalue weighted by atomic mass is 10.1. The maximum Gasteiger partial charge on any atom is 0.262 e. The fraction of sp³-hybridized carbons (Fsp3) is 0.167. The van der Waals surface area contributed by atoms with Crippen molar-refractivity contribution in [2.45, 2.75) is 26.4 Å². The number of pyridine rings is 1. The summed E-state index contributed by atoms with van der Waals surface area (Å²) >= 11 is 0. The van der Waals surface area contributed by atoms with Crippen LogP contribution in [-0.4, -0.2) is 10.5 Å². The molecule has 4 aromatic rings. The standard InChI is InChI=1S/C24H21FN2O3/c1-15(18-6-4-3-5-7-18)26-23(28)21-16(2)30-20-12-13-27(24(29)22(20)21)14-17-8-10-19(25)11-9-17/h3-13,15H,14H2,1-2H3,(H,26,28)/t15-/m0/s1. The first-order valence-corrected chi connectivity index (χ1v) is 9.67. The summed E-state index contributed by atoms with van der Waals surface area (Å²) in [5, 5.41) is 3.19. The predicted molar refractivity (Wildman–Crippen MR) is 113 cm³/mol. The van der Waals surface area contributed by atoms with Gasteiger partial charge in [0, 0.05) is 6.20 Å². The molecule has 0 aliphatic rings. The summed E-state index contributed by atoms with van der Waals surface area (Å²) in [4.78, 5) is 26.2. The van der Waals surface area contributed by atoms with Gasteiger partial charge in [0.25, 0.3) is 11.5 Å². The molecule has 4 rings (SSSR count). The van der Waals surface area contributed by atoms with Crippen LogP contribution >= 0.6 is 0 Å². The summed E-state index contributed by atoms with van der Waals surface area (Å²) in [5.41, 5.74) is 2.02. The van der Waals surface area contributed by atoms with Gasteiger partial charge in [-0.05, 0) is 43.2 Å². The summed E-state index contributed by atoms with van der Waals surface area (Å²) in [6.07, 6.45) is 1.62. The molecule has 1 atom stereocenters. The van der Waals surface area contributed by atoms with Crippen molar-refractivity contribution in [2.24, 2.45) is 0 Å². The fourth-order valence-corrected chi connectivity index (χ4v) is 3.54. The van der Waals surface area contributed by atoms with Crippen molar-refractivity contribution in [1.29, 1.82) is 0 Å². The van der Waals surface area contributed by atoms with E-state index in [4.69, 9.17) is 4.42 Å². The van der Waals surface area contributed by atoms with Gasteiger partial charge in [0.15, 0.2) is 0 Å². The number of nitrogens with one attached hydrogen (secondary N) is 1. The number of rotatable bonds is 5. The number of halogens is 1. The normalized spacial score (nSPS) is 12.1. The maximum atomic E-state index is 13.2. The van der Waals surface area contributed by atoms with Gasteiger partial charge in [-0.25, -0.2) is 4.39 Å². The van der Waals surface area contributed by atoms with E-state index in [0.29, 0.717) is 11.3 Å². The van der Waals surface area contributed by atoms with Gasteiger partial charge >= 0.3 is 0 Å². The van der Waals surface area contributed by atoms with Crippen molar-refractivity contribution in [3.05, 3.63) is 105 Å². The minimum absolute atomic E-state index is 0.229. The highest BCUT2D eigenvalue weighted by Crippen LogP contribution is 2.24. The van der Waals surface area contributed by atoms with Crippen LogP contribution in [-0.2, 0) is 6.54 Å². The molecule has 5 nitrogen and oxygen atoms in total. The van der Waals surface area contributed by atoms with E-state index in [-0.39, 0.29) is 40.8 Å². The number of benzene rings is 2. The Bertz CT molecular complexity index is 1260. The zero-order valence-corrected chi connectivity index (χ0v) is 16.7. The van der Waals surface area contributed by atoms with E-state index >= 15 is 0 Å². The van der Waals surface area contributed by atoms with Crippen molar-refractivity contribution in [2.75, 3.05) is 0 Å². The zero-order chi connectivity index (χ0) is 21.3. The first kappa shape index (κ1) is 19.6. The molecular weight excluding hydrogens is 383 g/mol. The van der Waals surface area contributed by atoms with Crippen molar-refractivity contribution >= 4 is 16.9 Å². The number of carbonyl (C=O) groups excluding carboxylic acids is 1. The van der Waals surface area contributed by atoms with E-state index in [1.165, 1.54) is 16.7 Å². The molecule has 0 spiro atoms. The lowest BCUT2D eigenvalue weighted by molar-refractivity contribution is 0.0939. The van der Waals surface area contributed by atoms with Crippen LogP contribution in [0, 0.1) is 12.7 Å². The topological polar surface area (TPSA) is 64.2 Å². The number of amides is 1. The second-order valence-electron chi connectivity index (χ2n) is 7.25. The quantitative estimate of drug-likeness (QED) is 0.530. The van der Waals surface area contributed by atoms with Gasteiger partial charge in [0.1, 0.15) is 17.2 Å². The van der Waals surface area contributed by atoms with Crippen LogP contribution in [0.5, 0.6) is 0 Å². The second-order valence-corrected chi connectivity index (χ2v) is 7.25. The average Bonchev–Trinajstić information content (AvgIpc) is 3.09. The van der Waals surface area contributed by atoms with Crippen LogP contribution in [0.4, 0.5) is 4.39 Å². The molecule has 0 radical (unpaired) electrons. The SMILES string of the molecule is Cc1oc2ccn(Cc3ccc(F)cc3)c(=O)c2c1C(=O)N[C@@H](C)c1ccccc1. The molecule has 1 amide bonds. The molecule has 2 aromatic carbocycles. The number of fused-ring (bicyclic) bond motifs is 1. The zero-order valence-electron chi connectivity index (χ0n) is 16.7. The third-order valence-corrected chi connectivity index (χ3v) is 5.13. The number of furan rings is 1. The number of nitrogens with zero attached hydrogens (tertiary/aromatic N) is 1. The molecule has 0 aliphatic carbocycles. The van der Waals surface area contributed by atoms with Crippen molar-refractivity contribution < 1.29 is 13.6 Å². The molecule has 1 N–H and O–H groups in total. The highest BCUT2D eigenvalue weighted by Gasteiger charge is 2.23. The van der Waals surface area contributed by atoms with Gasteiger partial charge < -0.3 is 14.3 Å². The molecule has 0 aliphatic heterocycles. The van der Waals surface area contributed by atoms with E-state index in [2.05, 4.69) is 5.32 Å². The van der Waals surface area contributed by atoms with E-state index in [9.17, 15) is 14.0 Å². The highest BCUT2D eigenvalue weighted by molar-refractivity contribution is 6.07. The maximum absolute atomic E-state index is 13.2. The van der Waals surface area contributed by atoms with Crippen molar-refractivity contribution in [1.82, 2.24) is 9.88 Å². The van der Waals surface area contributed by atoms with Gasteiger partial charge in [-0.3, -0.25) is 9.59 Å². The molecule has 0 saturated carbocycles. The van der Waals surface area contributed by atoms with E-state index in [0.717, 1.165) is 11.1 Å². The average molecular weight is 404 g/mol. The van der Waals surface area contributed by atoms with Crippen LogP contribution < -0.4 is 10.9 Å². The Labute approximate surface area is 172 Å². The molecule has 6 heteroatoms. The molecule has 0 unspecified atom stereocenters. The smallest absolute Gasteiger partial charge is 0.262 e. The third kappa shape index (κ3) is 3.76. The Balaban J connectivity index is 1.69. The van der Waals surface area contributed by atoms with Crippen LogP contribution in [0.3, 0.4) is 0 Å². The van der Waals surface area contributed by atoms with Gasteiger partial charge in [0.2, 0.25) is 0 Å². The molecular formula is C24H21FN2O3. The minimum Gasteiger partial charge on any atom is -0.460 e. The molecule has 2 aromatic heterocycles. The first-order chi connectivity index (χ1) is 14.4. The molecule has 0 fully saturated rings. The Morgan fingerprint density at radius 1 is 1.10 bits per heavy atom.